The van der Waals surface area contributed by atoms with Crippen molar-refractivity contribution < 1.29 is 4.74 Å². The number of nitrogens with one attached hydrogen (secondary N) is 2. The van der Waals surface area contributed by atoms with Gasteiger partial charge in [0.1, 0.15) is 0 Å². The first-order valence-electron chi connectivity index (χ1n) is 7.35. The fourth-order valence-electron chi connectivity index (χ4n) is 2.22. The van der Waals surface area contributed by atoms with Crippen LogP contribution in [0.3, 0.4) is 0 Å². The van der Waals surface area contributed by atoms with E-state index in [-0.39, 0.29) is 0 Å². The Morgan fingerprint density at radius 1 is 1.44 bits per heavy atom. The van der Waals surface area contributed by atoms with Crippen molar-refractivity contribution in [2.75, 3.05) is 20.2 Å². The van der Waals surface area contributed by atoms with Crippen molar-refractivity contribution in [3.63, 3.8) is 0 Å². The number of hydrogen-bond donors (Lipinski definition) is 2. The summed E-state index contributed by atoms with van der Waals surface area (Å²) in [5.41, 5.74) is 0. The Hall–Kier alpha value is -0.770. The third kappa shape index (κ3) is 6.24. The van der Waals surface area contributed by atoms with Gasteiger partial charge in [-0.05, 0) is 26.2 Å². The van der Waals surface area contributed by atoms with Crippen molar-refractivity contribution in [1.82, 2.24) is 10.6 Å². The monoisotopic (exact) mass is 255 g/mol. The molecule has 106 valence electrons. The predicted octanol–water partition coefficient (Wildman–Crippen LogP) is 2.30. The van der Waals surface area contributed by atoms with Crippen molar-refractivity contribution in [2.24, 2.45) is 4.99 Å². The SMILES string of the molecule is CCCCCC(C)NC(=NC)NCC1CCCO1. The van der Waals surface area contributed by atoms with E-state index in [9.17, 15) is 0 Å². The zero-order valence-corrected chi connectivity index (χ0v) is 12.2. The molecule has 0 amide bonds. The van der Waals surface area contributed by atoms with E-state index < -0.39 is 0 Å². The first-order chi connectivity index (χ1) is 8.76. The van der Waals surface area contributed by atoms with Gasteiger partial charge in [0.25, 0.3) is 0 Å². The number of guanidine groups is 1. The van der Waals surface area contributed by atoms with Crippen LogP contribution in [0.4, 0.5) is 0 Å². The highest BCUT2D eigenvalue weighted by atomic mass is 16.5. The number of unbranched alkanes of at least 4 members (excludes halogenated alkanes) is 2. The highest BCUT2D eigenvalue weighted by Gasteiger charge is 2.15. The van der Waals surface area contributed by atoms with Gasteiger partial charge in [-0.25, -0.2) is 0 Å². The van der Waals surface area contributed by atoms with Crippen molar-refractivity contribution >= 4 is 5.96 Å². The van der Waals surface area contributed by atoms with Gasteiger partial charge in [0.05, 0.1) is 6.10 Å². The van der Waals surface area contributed by atoms with Crippen molar-refractivity contribution in [3.8, 4) is 0 Å². The summed E-state index contributed by atoms with van der Waals surface area (Å²) in [6.07, 6.45) is 7.79. The van der Waals surface area contributed by atoms with Gasteiger partial charge in [-0.3, -0.25) is 4.99 Å². The number of hydrogen-bond acceptors (Lipinski definition) is 2. The fraction of sp³-hybridized carbons (Fsp3) is 0.929. The number of ether oxygens (including phenoxy) is 1. The summed E-state index contributed by atoms with van der Waals surface area (Å²) in [7, 11) is 1.82. The maximum absolute atomic E-state index is 5.59. The lowest BCUT2D eigenvalue weighted by Gasteiger charge is -2.19. The second-order valence-corrected chi connectivity index (χ2v) is 5.13. The molecule has 0 saturated carbocycles. The molecule has 1 saturated heterocycles. The normalized spacial score (nSPS) is 21.9. The second-order valence-electron chi connectivity index (χ2n) is 5.13. The van der Waals surface area contributed by atoms with Gasteiger partial charge in [-0.1, -0.05) is 26.2 Å². The molecule has 4 heteroatoms. The van der Waals surface area contributed by atoms with Crippen LogP contribution in [0.25, 0.3) is 0 Å². The van der Waals surface area contributed by atoms with Crippen LogP contribution in [0.1, 0.15) is 52.4 Å². The average Bonchev–Trinajstić information content (AvgIpc) is 2.88. The molecule has 0 aliphatic carbocycles. The Bertz CT molecular complexity index is 237. The Morgan fingerprint density at radius 3 is 2.89 bits per heavy atom. The smallest absolute Gasteiger partial charge is 0.191 e. The van der Waals surface area contributed by atoms with Gasteiger partial charge in [0.15, 0.2) is 5.96 Å². The average molecular weight is 255 g/mol. The molecule has 1 aliphatic rings. The molecule has 0 aromatic rings. The molecule has 1 rings (SSSR count). The summed E-state index contributed by atoms with van der Waals surface area (Å²) in [4.78, 5) is 4.26. The maximum atomic E-state index is 5.59. The molecule has 4 nitrogen and oxygen atoms in total. The molecule has 2 N–H and O–H groups in total. The number of rotatable bonds is 7. The molecule has 0 spiro atoms. The molecule has 0 bridgehead atoms. The summed E-state index contributed by atoms with van der Waals surface area (Å²) in [5, 5.41) is 6.78. The Labute approximate surface area is 112 Å². The lowest BCUT2D eigenvalue weighted by atomic mass is 10.1. The third-order valence-electron chi connectivity index (χ3n) is 3.37. The summed E-state index contributed by atoms with van der Waals surface area (Å²) >= 11 is 0. The van der Waals surface area contributed by atoms with Crippen molar-refractivity contribution in [3.05, 3.63) is 0 Å². The predicted molar refractivity (Wildman–Crippen MR) is 77.1 cm³/mol. The molecule has 1 fully saturated rings. The van der Waals surface area contributed by atoms with Crippen LogP contribution in [0, 0.1) is 0 Å². The molecule has 2 unspecified atom stereocenters. The first-order valence-corrected chi connectivity index (χ1v) is 7.35. The van der Waals surface area contributed by atoms with E-state index in [1.807, 2.05) is 7.05 Å². The lowest BCUT2D eigenvalue weighted by Crippen LogP contribution is -2.44. The maximum Gasteiger partial charge on any atom is 0.191 e. The zero-order valence-electron chi connectivity index (χ0n) is 12.2. The van der Waals surface area contributed by atoms with Gasteiger partial charge in [0.2, 0.25) is 0 Å². The molecule has 1 heterocycles. The van der Waals surface area contributed by atoms with Crippen LogP contribution in [0.2, 0.25) is 0 Å². The largest absolute Gasteiger partial charge is 0.376 e. The highest BCUT2D eigenvalue weighted by molar-refractivity contribution is 5.79. The zero-order chi connectivity index (χ0) is 13.2. The van der Waals surface area contributed by atoms with E-state index >= 15 is 0 Å². The fourth-order valence-corrected chi connectivity index (χ4v) is 2.22. The highest BCUT2D eigenvalue weighted by Crippen LogP contribution is 2.10. The summed E-state index contributed by atoms with van der Waals surface area (Å²) in [5.74, 6) is 0.898. The van der Waals surface area contributed by atoms with Crippen LogP contribution in [0.5, 0.6) is 0 Å². The standard InChI is InChI=1S/C14H29N3O/c1-4-5-6-8-12(2)17-14(15-3)16-11-13-9-7-10-18-13/h12-13H,4-11H2,1-3H3,(H2,15,16,17). The van der Waals surface area contributed by atoms with E-state index in [0.29, 0.717) is 12.1 Å². The van der Waals surface area contributed by atoms with Crippen LogP contribution >= 0.6 is 0 Å². The summed E-state index contributed by atoms with van der Waals surface area (Å²) in [6, 6.07) is 0.479. The van der Waals surface area contributed by atoms with Crippen molar-refractivity contribution in [1.29, 1.82) is 0 Å². The molecular weight excluding hydrogens is 226 g/mol. The van der Waals surface area contributed by atoms with Crippen LogP contribution in [-0.4, -0.2) is 38.3 Å². The summed E-state index contributed by atoms with van der Waals surface area (Å²) < 4.78 is 5.59. The van der Waals surface area contributed by atoms with Crippen LogP contribution in [0.15, 0.2) is 4.99 Å². The van der Waals surface area contributed by atoms with E-state index in [0.717, 1.165) is 25.5 Å². The Morgan fingerprint density at radius 2 is 2.28 bits per heavy atom. The Kier molecular flexibility index (Phi) is 7.81. The van der Waals surface area contributed by atoms with Gasteiger partial charge in [-0.15, -0.1) is 0 Å². The van der Waals surface area contributed by atoms with E-state index in [1.54, 1.807) is 0 Å². The topological polar surface area (TPSA) is 45.7 Å². The number of aliphatic imine (C=N–C) groups is 1. The van der Waals surface area contributed by atoms with Gasteiger partial charge in [0, 0.05) is 26.2 Å². The Balaban J connectivity index is 2.15. The minimum absolute atomic E-state index is 0.360. The molecular formula is C14H29N3O. The number of nitrogens with zero attached hydrogens (tertiary/aromatic N) is 1. The quantitative estimate of drug-likeness (QED) is 0.417. The molecule has 2 atom stereocenters. The summed E-state index contributed by atoms with van der Waals surface area (Å²) in [6.45, 7) is 6.22. The molecule has 1 aliphatic heterocycles. The van der Waals surface area contributed by atoms with Gasteiger partial charge >= 0.3 is 0 Å². The molecule has 0 radical (unpaired) electrons. The molecule has 0 aromatic heterocycles. The lowest BCUT2D eigenvalue weighted by molar-refractivity contribution is 0.113. The van der Waals surface area contributed by atoms with E-state index in [4.69, 9.17) is 4.74 Å². The van der Waals surface area contributed by atoms with E-state index in [2.05, 4.69) is 29.5 Å². The van der Waals surface area contributed by atoms with E-state index in [1.165, 1.54) is 32.1 Å². The minimum atomic E-state index is 0.360. The molecule has 0 aromatic carbocycles. The minimum Gasteiger partial charge on any atom is -0.376 e. The van der Waals surface area contributed by atoms with Crippen LogP contribution in [-0.2, 0) is 4.74 Å². The van der Waals surface area contributed by atoms with Crippen molar-refractivity contribution in [2.45, 2.75) is 64.5 Å². The molecule has 18 heavy (non-hydrogen) atoms. The third-order valence-corrected chi connectivity index (χ3v) is 3.37. The first kappa shape index (κ1) is 15.3. The van der Waals surface area contributed by atoms with Gasteiger partial charge in [-0.2, -0.15) is 0 Å². The van der Waals surface area contributed by atoms with Crippen LogP contribution < -0.4 is 10.6 Å². The second kappa shape index (κ2) is 9.20. The van der Waals surface area contributed by atoms with Gasteiger partial charge < -0.3 is 15.4 Å².